The van der Waals surface area contributed by atoms with Crippen molar-refractivity contribution in [2.75, 3.05) is 0 Å². The van der Waals surface area contributed by atoms with Crippen LogP contribution in [0, 0.1) is 69.0 Å². The van der Waals surface area contributed by atoms with Gasteiger partial charge in [0.15, 0.2) is 0 Å². The minimum Gasteiger partial charge on any atom is -0.310 e. The number of hydrogen-bond acceptors (Lipinski definition) is 0. The molecule has 0 nitrogen and oxygen atoms in total. The van der Waals surface area contributed by atoms with Gasteiger partial charge in [0.1, 0.15) is 0 Å². The van der Waals surface area contributed by atoms with E-state index in [1.807, 2.05) is 23.7 Å². The summed E-state index contributed by atoms with van der Waals surface area (Å²) in [6, 6.07) is 0. The van der Waals surface area contributed by atoms with Crippen LogP contribution >= 0.6 is 0 Å². The first kappa shape index (κ1) is 30.5. The fraction of sp³-hybridized carbons (Fsp3) is 0.889. The molecule has 8 saturated carbocycles. The van der Waals surface area contributed by atoms with Crippen molar-refractivity contribution >= 4 is 0 Å². The molecule has 210 valence electrons. The first-order valence-electron chi connectivity index (χ1n) is 16.3. The minimum absolute atomic E-state index is 0. The van der Waals surface area contributed by atoms with E-state index in [9.17, 15) is 0 Å². The zero-order valence-electron chi connectivity index (χ0n) is 26.0. The predicted molar refractivity (Wildman–Crippen MR) is 156 cm³/mol. The summed E-state index contributed by atoms with van der Waals surface area (Å²) in [6.45, 7) is 19.5. The Hall–Kier alpha value is 0.532. The molecule has 4 unspecified atom stereocenters. The number of hydrogen-bond donors (Lipinski definition) is 0. The van der Waals surface area contributed by atoms with E-state index in [2.05, 4.69) is 55.4 Å². The maximum Gasteiger partial charge on any atom is 4.00 e. The summed E-state index contributed by atoms with van der Waals surface area (Å²) in [5, 5.41) is 0. The van der Waals surface area contributed by atoms with Gasteiger partial charge in [-0.2, -0.15) is 75.0 Å². The Morgan fingerprint density at radius 3 is 0.514 bits per heavy atom. The van der Waals surface area contributed by atoms with Crippen molar-refractivity contribution < 1.29 is 17.4 Å². The Morgan fingerprint density at radius 2 is 0.486 bits per heavy atom. The first-order valence-corrected chi connectivity index (χ1v) is 16.3. The van der Waals surface area contributed by atoms with Gasteiger partial charge in [0, 0.05) is 0 Å². The summed E-state index contributed by atoms with van der Waals surface area (Å²) < 4.78 is 0. The van der Waals surface area contributed by atoms with Gasteiger partial charge in [0.2, 0.25) is 0 Å². The molecule has 37 heavy (non-hydrogen) atoms. The first-order chi connectivity index (χ1) is 16.9. The molecule has 0 heterocycles. The molecular formula is C36H60Cr. The van der Waals surface area contributed by atoms with E-state index in [4.69, 9.17) is 0 Å². The van der Waals surface area contributed by atoms with Crippen LogP contribution in [0.25, 0.3) is 0 Å². The largest absolute Gasteiger partial charge is 4.00 e. The fourth-order valence-corrected chi connectivity index (χ4v) is 10.0. The molecule has 0 amide bonds. The Balaban J connectivity index is 0.000000114. The average molecular weight is 545 g/mol. The van der Waals surface area contributed by atoms with Crippen molar-refractivity contribution in [1.29, 1.82) is 0 Å². The number of rotatable bonds is 0. The fourth-order valence-electron chi connectivity index (χ4n) is 10.0. The molecule has 0 aromatic heterocycles. The Bertz CT molecular complexity index is 607. The molecular weight excluding hydrogens is 484 g/mol. The van der Waals surface area contributed by atoms with Gasteiger partial charge in [-0.15, -0.1) is 0 Å². The second kappa shape index (κ2) is 11.1. The van der Waals surface area contributed by atoms with E-state index in [-0.39, 0.29) is 17.4 Å². The van der Waals surface area contributed by atoms with Gasteiger partial charge in [-0.1, -0.05) is 128 Å². The molecule has 8 aliphatic rings. The third kappa shape index (κ3) is 5.56. The van der Waals surface area contributed by atoms with Gasteiger partial charge in [-0.3, -0.25) is 0 Å². The zero-order chi connectivity index (χ0) is 25.9. The molecule has 0 N–H and O–H groups in total. The van der Waals surface area contributed by atoms with Crippen LogP contribution in [0.1, 0.15) is 158 Å². The smallest absolute Gasteiger partial charge is 0.310 e. The van der Waals surface area contributed by atoms with Gasteiger partial charge >= 0.3 is 17.4 Å². The van der Waals surface area contributed by atoms with Crippen molar-refractivity contribution in [3.63, 3.8) is 0 Å². The molecule has 0 spiro atoms. The van der Waals surface area contributed by atoms with Crippen LogP contribution in [0.15, 0.2) is 0 Å². The van der Waals surface area contributed by atoms with Crippen LogP contribution in [-0.2, 0) is 17.4 Å². The van der Waals surface area contributed by atoms with Crippen LogP contribution in [0.4, 0.5) is 0 Å². The minimum atomic E-state index is 0. The summed E-state index contributed by atoms with van der Waals surface area (Å²) in [4.78, 5) is 0. The van der Waals surface area contributed by atoms with Gasteiger partial charge in [0.05, 0.1) is 0 Å². The second-order valence-electron chi connectivity index (χ2n) is 16.1. The molecule has 0 aliphatic heterocycles. The van der Waals surface area contributed by atoms with Crippen molar-refractivity contribution in [2.45, 2.75) is 158 Å². The predicted octanol–water partition coefficient (Wildman–Crippen LogP) is 11.2. The van der Waals surface area contributed by atoms with E-state index >= 15 is 0 Å². The SMILES string of the molecule is CC1[C-]2CCC1(C)CC2.CC1[C-]2CCC1(C)CC2.CC1[C-]2CCC1(C)CC2.CC1[C-]2CCC1(C)CC2.[Cr+4]. The second-order valence-corrected chi connectivity index (χ2v) is 16.1. The molecule has 8 aliphatic carbocycles. The molecule has 0 radical (unpaired) electrons. The van der Waals surface area contributed by atoms with E-state index in [1.54, 1.807) is 0 Å². The third-order valence-corrected chi connectivity index (χ3v) is 14.8. The molecule has 4 atom stereocenters. The van der Waals surface area contributed by atoms with E-state index in [1.165, 1.54) is 103 Å². The summed E-state index contributed by atoms with van der Waals surface area (Å²) in [5.74, 6) is 11.3. The van der Waals surface area contributed by atoms with Crippen LogP contribution in [0.5, 0.6) is 0 Å². The number of fused-ring (bicyclic) bond motifs is 8. The van der Waals surface area contributed by atoms with Crippen LogP contribution in [0.3, 0.4) is 0 Å². The molecule has 8 rings (SSSR count). The Labute approximate surface area is 243 Å². The van der Waals surface area contributed by atoms with Crippen molar-refractivity contribution in [3.8, 4) is 0 Å². The van der Waals surface area contributed by atoms with Gasteiger partial charge in [-0.25, -0.2) is 0 Å². The summed E-state index contributed by atoms with van der Waals surface area (Å²) in [7, 11) is 0. The quantitative estimate of drug-likeness (QED) is 0.266. The molecule has 0 aromatic rings. The molecule has 0 aromatic carbocycles. The van der Waals surface area contributed by atoms with Crippen molar-refractivity contribution in [1.82, 2.24) is 0 Å². The van der Waals surface area contributed by atoms with Crippen LogP contribution < -0.4 is 0 Å². The van der Waals surface area contributed by atoms with Crippen LogP contribution in [0.2, 0.25) is 0 Å². The summed E-state index contributed by atoms with van der Waals surface area (Å²) in [6.07, 6.45) is 23.3. The monoisotopic (exact) mass is 544 g/mol. The van der Waals surface area contributed by atoms with E-state index in [0.29, 0.717) is 0 Å². The average Bonchev–Trinajstić information content (AvgIpc) is 3.73. The summed E-state index contributed by atoms with van der Waals surface area (Å²) >= 11 is 0. The maximum absolute atomic E-state index is 2.46. The maximum atomic E-state index is 2.46. The Kier molecular flexibility index (Phi) is 9.13. The molecule has 0 saturated heterocycles. The van der Waals surface area contributed by atoms with Crippen molar-refractivity contribution in [3.05, 3.63) is 23.7 Å². The zero-order valence-corrected chi connectivity index (χ0v) is 27.3. The van der Waals surface area contributed by atoms with Gasteiger partial charge in [-0.05, 0) is 0 Å². The standard InChI is InChI=1S/4C9H15.Cr/c4*1-7-8-3-5-9(7,2)6-4-8;/h4*7H,3-6H2,1-2H3;/q4*-1;+4. The topological polar surface area (TPSA) is 0 Å². The van der Waals surface area contributed by atoms with Crippen LogP contribution in [-0.4, -0.2) is 0 Å². The molecule has 1 heteroatoms. The van der Waals surface area contributed by atoms with Gasteiger partial charge < -0.3 is 23.7 Å². The summed E-state index contributed by atoms with van der Waals surface area (Å²) in [5.41, 5.74) is 2.93. The Morgan fingerprint density at radius 1 is 0.351 bits per heavy atom. The van der Waals surface area contributed by atoms with Crippen molar-refractivity contribution in [2.24, 2.45) is 45.3 Å². The van der Waals surface area contributed by atoms with E-state index < -0.39 is 0 Å². The molecule has 8 bridgehead atoms. The van der Waals surface area contributed by atoms with E-state index in [0.717, 1.165) is 45.3 Å². The third-order valence-electron chi connectivity index (χ3n) is 14.8. The molecule has 8 fully saturated rings. The normalized spacial score (nSPS) is 49.3. The van der Waals surface area contributed by atoms with Gasteiger partial charge in [0.25, 0.3) is 0 Å².